The molecular weight excluding hydrogens is 184 g/mol. The summed E-state index contributed by atoms with van der Waals surface area (Å²) < 4.78 is 0. The standard InChI is InChI=1S/C14H22O/c1-14(15)12-8-4-2-6-10(12)11-7-3-5-9-13(11)14/h4,8,10-13,15H,2-3,5-7,9H2,1H3. The van der Waals surface area contributed by atoms with Gasteiger partial charge < -0.3 is 5.11 Å². The minimum Gasteiger partial charge on any atom is -0.389 e. The van der Waals surface area contributed by atoms with Crippen LogP contribution in [0.15, 0.2) is 12.2 Å². The number of fused-ring (bicyclic) bond motifs is 3. The zero-order valence-electron chi connectivity index (χ0n) is 9.65. The Bertz CT molecular complexity index is 279. The van der Waals surface area contributed by atoms with Crippen LogP contribution in [-0.2, 0) is 0 Å². The van der Waals surface area contributed by atoms with Crippen LogP contribution in [0.3, 0.4) is 0 Å². The number of rotatable bonds is 0. The summed E-state index contributed by atoms with van der Waals surface area (Å²) in [5.41, 5.74) is -0.410. The summed E-state index contributed by atoms with van der Waals surface area (Å²) in [5, 5.41) is 10.7. The van der Waals surface area contributed by atoms with E-state index in [2.05, 4.69) is 19.1 Å². The average molecular weight is 206 g/mol. The van der Waals surface area contributed by atoms with Gasteiger partial charge in [0.1, 0.15) is 0 Å². The van der Waals surface area contributed by atoms with Crippen molar-refractivity contribution >= 4 is 0 Å². The van der Waals surface area contributed by atoms with Crippen molar-refractivity contribution in [3.05, 3.63) is 12.2 Å². The normalized spacial score (nSPS) is 53.7. The average Bonchev–Trinajstić information content (AvgIpc) is 2.51. The van der Waals surface area contributed by atoms with Crippen LogP contribution >= 0.6 is 0 Å². The van der Waals surface area contributed by atoms with E-state index in [-0.39, 0.29) is 0 Å². The molecule has 3 aliphatic carbocycles. The topological polar surface area (TPSA) is 20.2 Å². The monoisotopic (exact) mass is 206 g/mol. The molecule has 15 heavy (non-hydrogen) atoms. The lowest BCUT2D eigenvalue weighted by Crippen LogP contribution is -2.38. The zero-order chi connectivity index (χ0) is 10.5. The van der Waals surface area contributed by atoms with Gasteiger partial charge in [0, 0.05) is 5.92 Å². The Hall–Kier alpha value is -0.300. The van der Waals surface area contributed by atoms with Crippen molar-refractivity contribution in [2.45, 2.75) is 51.0 Å². The number of hydrogen-bond donors (Lipinski definition) is 1. The van der Waals surface area contributed by atoms with Crippen LogP contribution in [0.5, 0.6) is 0 Å². The number of hydrogen-bond acceptors (Lipinski definition) is 1. The Morgan fingerprint density at radius 1 is 1.13 bits per heavy atom. The highest BCUT2D eigenvalue weighted by atomic mass is 16.3. The van der Waals surface area contributed by atoms with E-state index < -0.39 is 5.60 Å². The maximum Gasteiger partial charge on any atom is 0.0715 e. The lowest BCUT2D eigenvalue weighted by molar-refractivity contribution is -0.0232. The lowest BCUT2D eigenvalue weighted by atomic mass is 9.74. The zero-order valence-corrected chi connectivity index (χ0v) is 9.65. The third kappa shape index (κ3) is 1.32. The van der Waals surface area contributed by atoms with Crippen molar-refractivity contribution in [3.63, 3.8) is 0 Å². The van der Waals surface area contributed by atoms with Crippen LogP contribution in [0.2, 0.25) is 0 Å². The fourth-order valence-corrected chi connectivity index (χ4v) is 4.61. The molecule has 0 amide bonds. The Morgan fingerprint density at radius 2 is 1.93 bits per heavy atom. The molecule has 1 nitrogen and oxygen atoms in total. The van der Waals surface area contributed by atoms with Gasteiger partial charge in [0.2, 0.25) is 0 Å². The van der Waals surface area contributed by atoms with Crippen molar-refractivity contribution < 1.29 is 5.11 Å². The molecule has 3 aliphatic rings. The first kappa shape index (κ1) is 9.89. The molecule has 0 spiro atoms. The van der Waals surface area contributed by atoms with E-state index >= 15 is 0 Å². The minimum atomic E-state index is -0.410. The fraction of sp³-hybridized carbons (Fsp3) is 0.857. The summed E-state index contributed by atoms with van der Waals surface area (Å²) in [6.45, 7) is 2.09. The van der Waals surface area contributed by atoms with Crippen molar-refractivity contribution in [1.82, 2.24) is 0 Å². The first-order valence-electron chi connectivity index (χ1n) is 6.60. The molecule has 0 bridgehead atoms. The molecule has 5 atom stereocenters. The SMILES string of the molecule is CC1(O)C2C=CCCC2C2CCCCC21. The van der Waals surface area contributed by atoms with Crippen molar-refractivity contribution in [2.24, 2.45) is 23.7 Å². The highest BCUT2D eigenvalue weighted by Crippen LogP contribution is 2.57. The van der Waals surface area contributed by atoms with Gasteiger partial charge in [-0.1, -0.05) is 25.0 Å². The highest BCUT2D eigenvalue weighted by molar-refractivity contribution is 5.14. The van der Waals surface area contributed by atoms with Gasteiger partial charge in [0.05, 0.1) is 5.60 Å². The molecule has 3 rings (SSSR count). The molecule has 0 heterocycles. The lowest BCUT2D eigenvalue weighted by Gasteiger charge is -2.34. The van der Waals surface area contributed by atoms with E-state index in [1.54, 1.807) is 0 Å². The molecule has 0 radical (unpaired) electrons. The summed E-state index contributed by atoms with van der Waals surface area (Å²) in [6, 6.07) is 0. The third-order valence-corrected chi connectivity index (χ3v) is 5.27. The quantitative estimate of drug-likeness (QED) is 0.604. The van der Waals surface area contributed by atoms with Gasteiger partial charge in [0.25, 0.3) is 0 Å². The van der Waals surface area contributed by atoms with Gasteiger partial charge in [-0.05, 0) is 50.4 Å². The van der Waals surface area contributed by atoms with E-state index in [4.69, 9.17) is 0 Å². The fourth-order valence-electron chi connectivity index (χ4n) is 4.61. The van der Waals surface area contributed by atoms with E-state index in [9.17, 15) is 5.11 Å². The molecule has 0 saturated heterocycles. The van der Waals surface area contributed by atoms with E-state index in [0.717, 1.165) is 11.8 Å². The van der Waals surface area contributed by atoms with Gasteiger partial charge >= 0.3 is 0 Å². The van der Waals surface area contributed by atoms with Crippen LogP contribution in [0.25, 0.3) is 0 Å². The van der Waals surface area contributed by atoms with E-state index in [1.807, 2.05) is 0 Å². The molecular formula is C14H22O. The van der Waals surface area contributed by atoms with Crippen LogP contribution in [0, 0.1) is 23.7 Å². The Morgan fingerprint density at radius 3 is 2.80 bits per heavy atom. The van der Waals surface area contributed by atoms with Crippen LogP contribution in [0.4, 0.5) is 0 Å². The van der Waals surface area contributed by atoms with Gasteiger partial charge in [-0.2, -0.15) is 0 Å². The van der Waals surface area contributed by atoms with Gasteiger partial charge in [-0.15, -0.1) is 0 Å². The van der Waals surface area contributed by atoms with Gasteiger partial charge in [-0.3, -0.25) is 0 Å². The summed E-state index contributed by atoms with van der Waals surface area (Å²) in [4.78, 5) is 0. The molecule has 0 aliphatic heterocycles. The molecule has 1 heteroatoms. The van der Waals surface area contributed by atoms with Gasteiger partial charge in [-0.25, -0.2) is 0 Å². The molecule has 2 fully saturated rings. The number of aliphatic hydroxyl groups is 1. The van der Waals surface area contributed by atoms with Crippen LogP contribution < -0.4 is 0 Å². The van der Waals surface area contributed by atoms with Crippen LogP contribution in [-0.4, -0.2) is 10.7 Å². The summed E-state index contributed by atoms with van der Waals surface area (Å²) in [7, 11) is 0. The Balaban J connectivity index is 1.96. The number of allylic oxidation sites excluding steroid dienone is 1. The second-order valence-corrected chi connectivity index (χ2v) is 5.98. The second-order valence-electron chi connectivity index (χ2n) is 5.98. The predicted molar refractivity (Wildman–Crippen MR) is 61.4 cm³/mol. The molecule has 0 aromatic carbocycles. The second kappa shape index (κ2) is 3.35. The van der Waals surface area contributed by atoms with Crippen LogP contribution in [0.1, 0.15) is 45.4 Å². The molecule has 1 N–H and O–H groups in total. The van der Waals surface area contributed by atoms with Crippen molar-refractivity contribution in [1.29, 1.82) is 0 Å². The summed E-state index contributed by atoms with van der Waals surface area (Å²) >= 11 is 0. The Kier molecular flexibility index (Phi) is 2.21. The maximum atomic E-state index is 10.7. The van der Waals surface area contributed by atoms with Crippen molar-refractivity contribution in [2.75, 3.05) is 0 Å². The molecule has 5 unspecified atom stereocenters. The molecule has 0 aromatic rings. The highest BCUT2D eigenvalue weighted by Gasteiger charge is 2.56. The predicted octanol–water partition coefficient (Wildman–Crippen LogP) is 3.14. The molecule has 84 valence electrons. The van der Waals surface area contributed by atoms with E-state index in [0.29, 0.717) is 11.8 Å². The first-order valence-corrected chi connectivity index (χ1v) is 6.60. The Labute approximate surface area is 92.6 Å². The first-order chi connectivity index (χ1) is 7.21. The molecule has 0 aromatic heterocycles. The van der Waals surface area contributed by atoms with E-state index in [1.165, 1.54) is 38.5 Å². The minimum absolute atomic E-state index is 0.410. The summed E-state index contributed by atoms with van der Waals surface area (Å²) in [6.07, 6.45) is 12.5. The third-order valence-electron chi connectivity index (χ3n) is 5.27. The largest absolute Gasteiger partial charge is 0.389 e. The maximum absolute atomic E-state index is 10.7. The smallest absolute Gasteiger partial charge is 0.0715 e. The summed E-state index contributed by atoms with van der Waals surface area (Å²) in [5.74, 6) is 2.65. The van der Waals surface area contributed by atoms with Crippen molar-refractivity contribution in [3.8, 4) is 0 Å². The molecule has 2 saturated carbocycles. The van der Waals surface area contributed by atoms with Gasteiger partial charge in [0.15, 0.2) is 0 Å².